The largest absolute Gasteiger partial charge is 0.481 e. The summed E-state index contributed by atoms with van der Waals surface area (Å²) in [6.07, 6.45) is 1.78. The number of hydrogen-bond acceptors (Lipinski definition) is 3. The van der Waals surface area contributed by atoms with Crippen molar-refractivity contribution in [2.45, 2.75) is 45.6 Å². The van der Waals surface area contributed by atoms with E-state index in [4.69, 9.17) is 5.11 Å². The summed E-state index contributed by atoms with van der Waals surface area (Å²) in [6.45, 7) is 3.78. The molecule has 0 saturated heterocycles. The number of aliphatic carboxylic acids is 1. The smallest absolute Gasteiger partial charge is 0.306 e. The third-order valence-electron chi connectivity index (χ3n) is 4.22. The molecule has 2 atom stereocenters. The van der Waals surface area contributed by atoms with Gasteiger partial charge in [-0.2, -0.15) is 0 Å². The minimum atomic E-state index is -0.857. The average molecular weight is 350 g/mol. The second-order valence-corrected chi connectivity index (χ2v) is 6.86. The molecule has 3 N–H and O–H groups in total. The Labute approximate surface area is 145 Å². The van der Waals surface area contributed by atoms with E-state index in [-0.39, 0.29) is 35.5 Å². The van der Waals surface area contributed by atoms with Crippen LogP contribution >= 0.6 is 0 Å². The monoisotopic (exact) mass is 350 g/mol. The number of carboxylic acids is 1. The molecule has 7 heteroatoms. The number of anilines is 1. The lowest BCUT2D eigenvalue weighted by Gasteiger charge is -2.13. The molecular formula is C18H23FN2O4. The van der Waals surface area contributed by atoms with Gasteiger partial charge in [-0.05, 0) is 43.4 Å². The third-order valence-corrected chi connectivity index (χ3v) is 4.22. The fraction of sp³-hybridized carbons (Fsp3) is 0.500. The maximum atomic E-state index is 14.1. The molecule has 2 amide bonds. The Kier molecular flexibility index (Phi) is 6.12. The normalized spacial score (nSPS) is 19.7. The van der Waals surface area contributed by atoms with Gasteiger partial charge in [0.2, 0.25) is 5.91 Å². The number of benzene rings is 1. The Balaban J connectivity index is 1.96. The van der Waals surface area contributed by atoms with E-state index in [1.807, 2.05) is 13.8 Å². The van der Waals surface area contributed by atoms with Crippen molar-refractivity contribution in [3.8, 4) is 0 Å². The van der Waals surface area contributed by atoms with Crippen LogP contribution in [0.5, 0.6) is 0 Å². The molecule has 1 aliphatic rings. The molecule has 0 heterocycles. The summed E-state index contributed by atoms with van der Waals surface area (Å²) in [5, 5.41) is 14.2. The number of amides is 2. The third kappa shape index (κ3) is 5.27. The predicted molar refractivity (Wildman–Crippen MR) is 90.7 cm³/mol. The van der Waals surface area contributed by atoms with Gasteiger partial charge >= 0.3 is 5.97 Å². The Morgan fingerprint density at radius 3 is 2.56 bits per heavy atom. The molecule has 0 unspecified atom stereocenters. The minimum absolute atomic E-state index is 0.0361. The Hall–Kier alpha value is -2.44. The predicted octanol–water partition coefficient (Wildman–Crippen LogP) is 2.79. The molecule has 1 fully saturated rings. The van der Waals surface area contributed by atoms with E-state index < -0.39 is 23.6 Å². The number of hydrogen-bond donors (Lipinski definition) is 3. The summed E-state index contributed by atoms with van der Waals surface area (Å²) in [6, 6.07) is 3.65. The van der Waals surface area contributed by atoms with Crippen LogP contribution in [-0.2, 0) is 9.59 Å². The van der Waals surface area contributed by atoms with Gasteiger partial charge in [0.15, 0.2) is 0 Å². The van der Waals surface area contributed by atoms with Crippen LogP contribution in [0.2, 0.25) is 0 Å². The highest BCUT2D eigenvalue weighted by Gasteiger charge is 2.30. The van der Waals surface area contributed by atoms with E-state index in [0.717, 1.165) is 6.07 Å². The zero-order chi connectivity index (χ0) is 18.6. The Bertz CT molecular complexity index is 675. The zero-order valence-electron chi connectivity index (χ0n) is 14.3. The summed E-state index contributed by atoms with van der Waals surface area (Å²) in [7, 11) is 0. The topological polar surface area (TPSA) is 95.5 Å². The van der Waals surface area contributed by atoms with Crippen molar-refractivity contribution in [3.05, 3.63) is 29.6 Å². The van der Waals surface area contributed by atoms with Crippen LogP contribution in [0.15, 0.2) is 18.2 Å². The van der Waals surface area contributed by atoms with Crippen molar-refractivity contribution in [1.82, 2.24) is 5.32 Å². The van der Waals surface area contributed by atoms with Crippen molar-refractivity contribution in [2.75, 3.05) is 5.32 Å². The number of carbonyl (C=O) groups is 3. The first kappa shape index (κ1) is 18.9. The maximum Gasteiger partial charge on any atom is 0.306 e. The van der Waals surface area contributed by atoms with Gasteiger partial charge in [0.1, 0.15) is 5.82 Å². The average Bonchev–Trinajstić information content (AvgIpc) is 2.97. The zero-order valence-corrected chi connectivity index (χ0v) is 14.3. The van der Waals surface area contributed by atoms with Crippen molar-refractivity contribution >= 4 is 23.5 Å². The van der Waals surface area contributed by atoms with Gasteiger partial charge in [-0.25, -0.2) is 4.39 Å². The number of nitrogens with one attached hydrogen (secondary N) is 2. The van der Waals surface area contributed by atoms with Crippen LogP contribution in [0.25, 0.3) is 0 Å². The molecule has 0 radical (unpaired) electrons. The summed E-state index contributed by atoms with van der Waals surface area (Å²) in [5.74, 6) is -2.55. The van der Waals surface area contributed by atoms with E-state index in [1.165, 1.54) is 12.1 Å². The van der Waals surface area contributed by atoms with Crippen LogP contribution in [0.3, 0.4) is 0 Å². The van der Waals surface area contributed by atoms with E-state index in [1.54, 1.807) is 0 Å². The van der Waals surface area contributed by atoms with Crippen molar-refractivity contribution in [1.29, 1.82) is 0 Å². The Morgan fingerprint density at radius 1 is 1.28 bits per heavy atom. The van der Waals surface area contributed by atoms with Gasteiger partial charge < -0.3 is 15.7 Å². The fourth-order valence-electron chi connectivity index (χ4n) is 2.94. The lowest BCUT2D eigenvalue weighted by molar-refractivity contribution is -0.141. The van der Waals surface area contributed by atoms with Gasteiger partial charge in [-0.3, -0.25) is 14.4 Å². The molecule has 25 heavy (non-hydrogen) atoms. The number of carbonyl (C=O) groups excluding carboxylic acids is 2. The first-order chi connectivity index (χ1) is 11.8. The molecule has 1 aromatic carbocycles. The lowest BCUT2D eigenvalue weighted by Crippen LogP contribution is -2.33. The molecule has 6 nitrogen and oxygen atoms in total. The van der Waals surface area contributed by atoms with E-state index in [0.29, 0.717) is 19.3 Å². The van der Waals surface area contributed by atoms with Crippen molar-refractivity contribution in [3.63, 3.8) is 0 Å². The van der Waals surface area contributed by atoms with E-state index >= 15 is 0 Å². The van der Waals surface area contributed by atoms with Gasteiger partial charge in [-0.15, -0.1) is 0 Å². The van der Waals surface area contributed by atoms with Crippen molar-refractivity contribution < 1.29 is 23.9 Å². The molecule has 1 aromatic rings. The highest BCUT2D eigenvalue weighted by atomic mass is 19.1. The van der Waals surface area contributed by atoms with Crippen LogP contribution in [0.1, 0.15) is 49.9 Å². The van der Waals surface area contributed by atoms with Crippen molar-refractivity contribution in [2.24, 2.45) is 11.8 Å². The maximum absolute atomic E-state index is 14.1. The molecular weight excluding hydrogens is 327 g/mol. The summed E-state index contributed by atoms with van der Waals surface area (Å²) in [4.78, 5) is 34.8. The lowest BCUT2D eigenvalue weighted by atomic mass is 10.1. The number of halogens is 1. The highest BCUT2D eigenvalue weighted by Crippen LogP contribution is 2.26. The van der Waals surface area contributed by atoms with Gasteiger partial charge in [0, 0.05) is 18.0 Å². The molecule has 1 saturated carbocycles. The first-order valence-electron chi connectivity index (χ1n) is 8.39. The van der Waals surface area contributed by atoms with Crippen LogP contribution in [0.4, 0.5) is 10.1 Å². The molecule has 1 aliphatic carbocycles. The summed E-state index contributed by atoms with van der Waals surface area (Å²) < 4.78 is 14.1. The van der Waals surface area contributed by atoms with Crippen LogP contribution < -0.4 is 10.6 Å². The second kappa shape index (κ2) is 8.09. The molecule has 2 rings (SSSR count). The molecule has 0 bridgehead atoms. The Morgan fingerprint density at radius 2 is 2.00 bits per heavy atom. The minimum Gasteiger partial charge on any atom is -0.481 e. The van der Waals surface area contributed by atoms with Crippen LogP contribution in [0, 0.1) is 17.7 Å². The quantitative estimate of drug-likeness (QED) is 0.735. The van der Waals surface area contributed by atoms with Gasteiger partial charge in [0.25, 0.3) is 5.91 Å². The standard InChI is InChI=1S/C18H23FN2O4/c1-10(2)7-16(22)21-15-6-4-11(9-14(15)19)17(23)20-13-5-3-12(8-13)18(24)25/h4,6,9-10,12-13H,3,5,7-8H2,1-2H3,(H,20,23)(H,21,22)(H,24,25)/t12-,13+/m1/s1. The molecule has 0 aromatic heterocycles. The second-order valence-electron chi connectivity index (χ2n) is 6.86. The number of carboxylic acid groups (broad SMARTS) is 1. The van der Waals surface area contributed by atoms with Gasteiger partial charge in [-0.1, -0.05) is 13.8 Å². The fourth-order valence-corrected chi connectivity index (χ4v) is 2.94. The van der Waals surface area contributed by atoms with Crippen LogP contribution in [-0.4, -0.2) is 28.9 Å². The molecule has 136 valence electrons. The highest BCUT2D eigenvalue weighted by molar-refractivity contribution is 5.96. The van der Waals surface area contributed by atoms with Gasteiger partial charge in [0.05, 0.1) is 11.6 Å². The summed E-state index contributed by atoms with van der Waals surface area (Å²) in [5.41, 5.74) is 0.173. The van der Waals surface area contributed by atoms with E-state index in [2.05, 4.69) is 10.6 Å². The molecule has 0 spiro atoms. The SMILES string of the molecule is CC(C)CC(=O)Nc1ccc(C(=O)N[C@H]2CC[C@@H](C(=O)O)C2)cc1F. The summed E-state index contributed by atoms with van der Waals surface area (Å²) >= 11 is 0. The van der Waals surface area contributed by atoms with E-state index in [9.17, 15) is 18.8 Å². The molecule has 0 aliphatic heterocycles. The first-order valence-corrected chi connectivity index (χ1v) is 8.39. The number of rotatable bonds is 6.